The molecule has 1 aromatic carbocycles. The first kappa shape index (κ1) is 14.8. The lowest BCUT2D eigenvalue weighted by molar-refractivity contribution is -0.0124. The molecule has 2 aromatic rings. The van der Waals surface area contributed by atoms with Crippen molar-refractivity contribution < 1.29 is 9.26 Å². The molecule has 122 valence electrons. The van der Waals surface area contributed by atoms with E-state index in [0.717, 1.165) is 50.1 Å². The van der Waals surface area contributed by atoms with Gasteiger partial charge in [0.15, 0.2) is 0 Å². The van der Waals surface area contributed by atoms with Gasteiger partial charge in [-0.2, -0.15) is 4.98 Å². The molecule has 1 aliphatic carbocycles. The highest BCUT2D eigenvalue weighted by molar-refractivity contribution is 5.53. The summed E-state index contributed by atoms with van der Waals surface area (Å²) in [6.07, 6.45) is 4.88. The van der Waals surface area contributed by atoms with Gasteiger partial charge in [0.25, 0.3) is 0 Å². The van der Waals surface area contributed by atoms with Crippen molar-refractivity contribution in [2.75, 3.05) is 26.3 Å². The smallest absolute Gasteiger partial charge is 0.228 e. The summed E-state index contributed by atoms with van der Waals surface area (Å²) >= 11 is 0. The van der Waals surface area contributed by atoms with Crippen molar-refractivity contribution in [1.29, 1.82) is 0 Å². The molecule has 1 aromatic heterocycles. The van der Waals surface area contributed by atoms with E-state index in [1.807, 2.05) is 30.3 Å². The Kier molecular flexibility index (Phi) is 4.39. The van der Waals surface area contributed by atoms with E-state index in [1.54, 1.807) is 0 Å². The Hall–Kier alpha value is -1.72. The zero-order chi connectivity index (χ0) is 15.5. The van der Waals surface area contributed by atoms with Gasteiger partial charge in [0.05, 0.1) is 13.2 Å². The largest absolute Gasteiger partial charge is 0.378 e. The van der Waals surface area contributed by atoms with E-state index in [1.165, 1.54) is 19.3 Å². The second kappa shape index (κ2) is 6.81. The highest BCUT2D eigenvalue weighted by atomic mass is 16.5. The third-order valence-electron chi connectivity index (χ3n) is 4.76. The van der Waals surface area contributed by atoms with Crippen LogP contribution in [0.15, 0.2) is 34.9 Å². The third kappa shape index (κ3) is 3.79. The SMILES string of the molecule is c1ccc(-c2noc(CCN3CCOC[C@@H]3CC3CC3)n2)cc1. The first-order valence-electron chi connectivity index (χ1n) is 8.58. The van der Waals surface area contributed by atoms with Crippen LogP contribution in [0.4, 0.5) is 0 Å². The average molecular weight is 313 g/mol. The standard InChI is InChI=1S/C18H23N3O2/c1-2-4-15(5-3-1)18-19-17(23-20-18)8-9-21-10-11-22-13-16(21)12-14-6-7-14/h1-5,14,16H,6-13H2/t16-/m0/s1. The number of hydrogen-bond acceptors (Lipinski definition) is 5. The predicted octanol–water partition coefficient (Wildman–Crippen LogP) is 2.78. The zero-order valence-electron chi connectivity index (χ0n) is 13.4. The number of hydrogen-bond donors (Lipinski definition) is 0. The summed E-state index contributed by atoms with van der Waals surface area (Å²) in [4.78, 5) is 7.06. The quantitative estimate of drug-likeness (QED) is 0.821. The van der Waals surface area contributed by atoms with E-state index < -0.39 is 0 Å². The summed E-state index contributed by atoms with van der Waals surface area (Å²) in [5, 5.41) is 4.10. The molecule has 1 atom stereocenters. The van der Waals surface area contributed by atoms with Crippen molar-refractivity contribution in [2.24, 2.45) is 5.92 Å². The second-order valence-corrected chi connectivity index (χ2v) is 6.57. The van der Waals surface area contributed by atoms with Gasteiger partial charge in [-0.1, -0.05) is 48.3 Å². The number of benzene rings is 1. The van der Waals surface area contributed by atoms with Crippen molar-refractivity contribution in [3.8, 4) is 11.4 Å². The topological polar surface area (TPSA) is 51.4 Å². The fourth-order valence-corrected chi connectivity index (χ4v) is 3.24. The van der Waals surface area contributed by atoms with Gasteiger partial charge < -0.3 is 9.26 Å². The summed E-state index contributed by atoms with van der Waals surface area (Å²) in [7, 11) is 0. The van der Waals surface area contributed by atoms with Crippen LogP contribution in [0.3, 0.4) is 0 Å². The van der Waals surface area contributed by atoms with E-state index in [-0.39, 0.29) is 0 Å². The lowest BCUT2D eigenvalue weighted by atomic mass is 10.1. The maximum Gasteiger partial charge on any atom is 0.228 e. The number of ether oxygens (including phenoxy) is 1. The van der Waals surface area contributed by atoms with Gasteiger partial charge in [-0.25, -0.2) is 0 Å². The molecule has 0 bridgehead atoms. The van der Waals surface area contributed by atoms with Crippen LogP contribution in [-0.2, 0) is 11.2 Å². The molecule has 1 aliphatic heterocycles. The van der Waals surface area contributed by atoms with Gasteiger partial charge in [0.1, 0.15) is 0 Å². The van der Waals surface area contributed by atoms with E-state index in [2.05, 4.69) is 15.0 Å². The Morgan fingerprint density at radius 1 is 1.17 bits per heavy atom. The van der Waals surface area contributed by atoms with Crippen LogP contribution in [-0.4, -0.2) is 47.4 Å². The van der Waals surface area contributed by atoms with E-state index in [9.17, 15) is 0 Å². The molecule has 2 aliphatic rings. The fourth-order valence-electron chi connectivity index (χ4n) is 3.24. The first-order chi connectivity index (χ1) is 11.4. The number of morpholine rings is 1. The minimum atomic E-state index is 0.563. The van der Waals surface area contributed by atoms with Crippen LogP contribution in [0, 0.1) is 5.92 Å². The number of nitrogens with zero attached hydrogens (tertiary/aromatic N) is 3. The molecule has 1 saturated heterocycles. The Bertz CT molecular complexity index is 624. The van der Waals surface area contributed by atoms with Crippen LogP contribution in [0.2, 0.25) is 0 Å². The molecule has 2 heterocycles. The first-order valence-corrected chi connectivity index (χ1v) is 8.58. The summed E-state index contributed by atoms with van der Waals surface area (Å²) in [5.41, 5.74) is 1.00. The Balaban J connectivity index is 1.35. The average Bonchev–Trinajstić information content (AvgIpc) is 3.29. The van der Waals surface area contributed by atoms with Crippen LogP contribution in [0.5, 0.6) is 0 Å². The van der Waals surface area contributed by atoms with Crippen molar-refractivity contribution in [3.63, 3.8) is 0 Å². The Morgan fingerprint density at radius 2 is 2.04 bits per heavy atom. The normalized spacial score (nSPS) is 22.3. The molecule has 4 rings (SSSR count). The summed E-state index contributed by atoms with van der Waals surface area (Å²) < 4.78 is 11.1. The molecule has 2 fully saturated rings. The molecule has 0 spiro atoms. The molecule has 0 N–H and O–H groups in total. The van der Waals surface area contributed by atoms with Crippen LogP contribution in [0.1, 0.15) is 25.2 Å². The minimum absolute atomic E-state index is 0.563. The van der Waals surface area contributed by atoms with Gasteiger partial charge >= 0.3 is 0 Å². The maximum absolute atomic E-state index is 5.66. The molecular formula is C18H23N3O2. The predicted molar refractivity (Wildman–Crippen MR) is 87.0 cm³/mol. The third-order valence-corrected chi connectivity index (χ3v) is 4.76. The second-order valence-electron chi connectivity index (χ2n) is 6.57. The Morgan fingerprint density at radius 3 is 2.87 bits per heavy atom. The lowest BCUT2D eigenvalue weighted by Crippen LogP contribution is -2.46. The lowest BCUT2D eigenvalue weighted by Gasteiger charge is -2.35. The van der Waals surface area contributed by atoms with Gasteiger partial charge in [0, 0.05) is 31.1 Å². The van der Waals surface area contributed by atoms with E-state index in [4.69, 9.17) is 9.26 Å². The van der Waals surface area contributed by atoms with Gasteiger partial charge in [-0.05, 0) is 12.3 Å². The summed E-state index contributed by atoms with van der Waals surface area (Å²) in [6, 6.07) is 10.5. The van der Waals surface area contributed by atoms with Gasteiger partial charge in [-0.3, -0.25) is 4.90 Å². The van der Waals surface area contributed by atoms with Crippen molar-refractivity contribution >= 4 is 0 Å². The van der Waals surface area contributed by atoms with Crippen LogP contribution in [0.25, 0.3) is 11.4 Å². The fraction of sp³-hybridized carbons (Fsp3) is 0.556. The van der Waals surface area contributed by atoms with Crippen molar-refractivity contribution in [2.45, 2.75) is 31.7 Å². The highest BCUT2D eigenvalue weighted by Crippen LogP contribution is 2.35. The van der Waals surface area contributed by atoms with E-state index in [0.29, 0.717) is 11.9 Å². The van der Waals surface area contributed by atoms with Crippen molar-refractivity contribution in [1.82, 2.24) is 15.0 Å². The molecule has 0 amide bonds. The molecule has 0 radical (unpaired) electrons. The van der Waals surface area contributed by atoms with Gasteiger partial charge in [-0.15, -0.1) is 0 Å². The number of aromatic nitrogens is 2. The maximum atomic E-state index is 5.66. The van der Waals surface area contributed by atoms with E-state index >= 15 is 0 Å². The minimum Gasteiger partial charge on any atom is -0.378 e. The molecule has 5 heteroatoms. The molecular weight excluding hydrogens is 290 g/mol. The van der Waals surface area contributed by atoms with Crippen molar-refractivity contribution in [3.05, 3.63) is 36.2 Å². The Labute approximate surface area is 136 Å². The van der Waals surface area contributed by atoms with Gasteiger partial charge in [0.2, 0.25) is 11.7 Å². The monoisotopic (exact) mass is 313 g/mol. The molecule has 1 saturated carbocycles. The molecule has 5 nitrogen and oxygen atoms in total. The van der Waals surface area contributed by atoms with Crippen LogP contribution < -0.4 is 0 Å². The summed E-state index contributed by atoms with van der Waals surface area (Å²) in [5.74, 6) is 2.33. The number of rotatable bonds is 6. The summed E-state index contributed by atoms with van der Waals surface area (Å²) in [6.45, 7) is 3.68. The molecule has 0 unspecified atom stereocenters. The van der Waals surface area contributed by atoms with Crippen LogP contribution >= 0.6 is 0 Å². The molecule has 23 heavy (non-hydrogen) atoms. The zero-order valence-corrected chi connectivity index (χ0v) is 13.4. The highest BCUT2D eigenvalue weighted by Gasteiger charge is 2.30.